The van der Waals surface area contributed by atoms with Crippen molar-refractivity contribution >= 4 is 17.8 Å². The molecule has 1 atom stereocenters. The van der Waals surface area contributed by atoms with Gasteiger partial charge in [0.1, 0.15) is 0 Å². The summed E-state index contributed by atoms with van der Waals surface area (Å²) in [5.41, 5.74) is 10.4. The first-order valence-electron chi connectivity index (χ1n) is 10.5. The van der Waals surface area contributed by atoms with E-state index in [9.17, 15) is 14.7 Å². The number of carbonyl (C=O) groups excluding carboxylic acids is 2. The van der Waals surface area contributed by atoms with Crippen LogP contribution in [0.4, 0.5) is 0 Å². The van der Waals surface area contributed by atoms with Crippen LogP contribution in [0.15, 0.2) is 4.99 Å². The molecule has 7 nitrogen and oxygen atoms in total. The zero-order valence-electron chi connectivity index (χ0n) is 18.0. The van der Waals surface area contributed by atoms with Gasteiger partial charge in [-0.15, -0.1) is 0 Å². The van der Waals surface area contributed by atoms with Gasteiger partial charge in [-0.1, -0.05) is 71.1 Å². The second kappa shape index (κ2) is 20.9. The van der Waals surface area contributed by atoms with Crippen LogP contribution in [0.2, 0.25) is 0 Å². The summed E-state index contributed by atoms with van der Waals surface area (Å²) in [6.45, 7) is 2.56. The molecule has 0 saturated heterocycles. The monoisotopic (exact) mass is 406 g/mol. The van der Waals surface area contributed by atoms with Crippen LogP contribution in [0, 0.1) is 0 Å². The molecular formula is C20H39N4NaO3. The van der Waals surface area contributed by atoms with E-state index in [1.54, 1.807) is 0 Å². The molecule has 0 aliphatic heterocycles. The molecule has 0 aliphatic rings. The zero-order valence-corrected chi connectivity index (χ0v) is 20.0. The van der Waals surface area contributed by atoms with Crippen LogP contribution >= 0.6 is 0 Å². The Morgan fingerprint density at radius 3 is 1.86 bits per heavy atom. The molecule has 0 radical (unpaired) electrons. The van der Waals surface area contributed by atoms with Crippen molar-refractivity contribution in [3.63, 3.8) is 0 Å². The second-order valence-corrected chi connectivity index (χ2v) is 7.17. The van der Waals surface area contributed by atoms with E-state index in [1.165, 1.54) is 51.4 Å². The largest absolute Gasteiger partial charge is 1.00 e. The number of aliphatic carboxylic acids is 1. The Hall–Kier alpha value is -0.790. The molecule has 0 bridgehead atoms. The van der Waals surface area contributed by atoms with Gasteiger partial charge in [0.15, 0.2) is 5.96 Å². The fourth-order valence-corrected chi connectivity index (χ4v) is 2.97. The summed E-state index contributed by atoms with van der Waals surface area (Å²) in [5.74, 6) is -1.53. The van der Waals surface area contributed by atoms with Crippen molar-refractivity contribution in [2.24, 2.45) is 16.5 Å². The van der Waals surface area contributed by atoms with Crippen molar-refractivity contribution in [3.05, 3.63) is 0 Å². The average Bonchev–Trinajstić information content (AvgIpc) is 2.61. The van der Waals surface area contributed by atoms with Crippen LogP contribution < -0.4 is 51.4 Å². The minimum Gasteiger partial charge on any atom is -0.548 e. The molecule has 0 rings (SSSR count). The van der Waals surface area contributed by atoms with Gasteiger partial charge in [0, 0.05) is 13.0 Å². The van der Waals surface area contributed by atoms with Gasteiger partial charge in [-0.05, 0) is 19.3 Å². The van der Waals surface area contributed by atoms with E-state index in [4.69, 9.17) is 11.5 Å². The quantitative estimate of drug-likeness (QED) is 0.116. The number of carbonyl (C=O) groups is 2. The summed E-state index contributed by atoms with van der Waals surface area (Å²) in [7, 11) is 0. The van der Waals surface area contributed by atoms with Crippen molar-refractivity contribution in [3.8, 4) is 0 Å². The summed E-state index contributed by atoms with van der Waals surface area (Å²) in [5, 5.41) is 13.6. The molecule has 0 fully saturated rings. The van der Waals surface area contributed by atoms with Crippen molar-refractivity contribution in [1.29, 1.82) is 0 Å². The number of amides is 1. The maximum atomic E-state index is 11.9. The molecule has 158 valence electrons. The van der Waals surface area contributed by atoms with E-state index in [0.717, 1.165) is 19.3 Å². The van der Waals surface area contributed by atoms with E-state index in [1.807, 2.05) is 0 Å². The van der Waals surface area contributed by atoms with E-state index in [0.29, 0.717) is 19.4 Å². The van der Waals surface area contributed by atoms with Gasteiger partial charge < -0.3 is 26.7 Å². The van der Waals surface area contributed by atoms with Crippen LogP contribution in [-0.4, -0.2) is 30.4 Å². The van der Waals surface area contributed by atoms with E-state index < -0.39 is 12.0 Å². The number of aliphatic imine (C=N–C) groups is 1. The van der Waals surface area contributed by atoms with Crippen molar-refractivity contribution in [2.75, 3.05) is 6.54 Å². The summed E-state index contributed by atoms with van der Waals surface area (Å²) in [6, 6.07) is -0.987. The molecule has 0 aromatic carbocycles. The van der Waals surface area contributed by atoms with Crippen LogP contribution in [0.25, 0.3) is 0 Å². The van der Waals surface area contributed by atoms with Crippen molar-refractivity contribution < 1.29 is 44.3 Å². The number of carboxylic acids is 1. The molecule has 0 unspecified atom stereocenters. The summed E-state index contributed by atoms with van der Waals surface area (Å²) in [4.78, 5) is 26.8. The number of hydrogen-bond donors (Lipinski definition) is 3. The molecule has 28 heavy (non-hydrogen) atoms. The summed E-state index contributed by atoms with van der Waals surface area (Å²) < 4.78 is 0. The molecule has 5 N–H and O–H groups in total. The molecule has 1 amide bonds. The molecule has 8 heteroatoms. The van der Waals surface area contributed by atoms with Gasteiger partial charge in [0.2, 0.25) is 5.91 Å². The molecule has 0 heterocycles. The maximum absolute atomic E-state index is 11.9. The summed E-state index contributed by atoms with van der Waals surface area (Å²) in [6.07, 6.45) is 14.4. The Morgan fingerprint density at radius 1 is 0.893 bits per heavy atom. The number of hydrogen-bond acceptors (Lipinski definition) is 4. The molecule has 0 spiro atoms. The summed E-state index contributed by atoms with van der Waals surface area (Å²) >= 11 is 0. The van der Waals surface area contributed by atoms with Crippen LogP contribution in [-0.2, 0) is 9.59 Å². The zero-order chi connectivity index (χ0) is 20.3. The average molecular weight is 407 g/mol. The fraction of sp³-hybridized carbons (Fsp3) is 0.850. The van der Waals surface area contributed by atoms with E-state index in [2.05, 4.69) is 17.2 Å². The Morgan fingerprint density at radius 2 is 1.39 bits per heavy atom. The molecule has 0 saturated carbocycles. The molecule has 0 aromatic heterocycles. The predicted molar refractivity (Wildman–Crippen MR) is 108 cm³/mol. The van der Waals surface area contributed by atoms with Crippen molar-refractivity contribution in [2.45, 2.75) is 103 Å². The van der Waals surface area contributed by atoms with Gasteiger partial charge in [-0.3, -0.25) is 9.79 Å². The first-order chi connectivity index (χ1) is 13.0. The standard InChI is InChI=1S/C20H40N4O3.Na/c1-2-3-4-5-6-7-8-9-10-11-12-15-18(25)24-17(19(26)27)14-13-16-23-20(21)22;/h17H,2-16H2,1H3,(H,24,25)(H,26,27)(H4,21,22,23);/q;+1/p-1/t17-;/m0./s1. The normalized spacial score (nSPS) is 11.3. The number of carboxylic acid groups (broad SMARTS) is 1. The Kier molecular flexibility index (Phi) is 22.0. The van der Waals surface area contributed by atoms with E-state index >= 15 is 0 Å². The maximum Gasteiger partial charge on any atom is 1.00 e. The third-order valence-electron chi connectivity index (χ3n) is 4.57. The van der Waals surface area contributed by atoms with Crippen LogP contribution in [0.1, 0.15) is 96.8 Å². The Bertz CT molecular complexity index is 430. The van der Waals surface area contributed by atoms with Gasteiger partial charge in [0.25, 0.3) is 0 Å². The minimum atomic E-state index is -1.27. The van der Waals surface area contributed by atoms with Crippen molar-refractivity contribution in [1.82, 2.24) is 5.32 Å². The minimum absolute atomic E-state index is 0. The van der Waals surface area contributed by atoms with Gasteiger partial charge in [0.05, 0.1) is 12.0 Å². The molecular weight excluding hydrogens is 367 g/mol. The Labute approximate surface area is 192 Å². The third kappa shape index (κ3) is 20.0. The van der Waals surface area contributed by atoms with Gasteiger partial charge in [-0.25, -0.2) is 0 Å². The number of nitrogens with zero attached hydrogens (tertiary/aromatic N) is 1. The number of nitrogens with one attached hydrogen (secondary N) is 1. The number of rotatable bonds is 18. The Balaban J connectivity index is 0. The molecule has 0 aromatic rings. The van der Waals surface area contributed by atoms with Crippen LogP contribution in [0.3, 0.4) is 0 Å². The first kappa shape index (κ1) is 29.4. The second-order valence-electron chi connectivity index (χ2n) is 7.17. The number of guanidine groups is 1. The third-order valence-corrected chi connectivity index (χ3v) is 4.57. The molecule has 0 aliphatic carbocycles. The van der Waals surface area contributed by atoms with Gasteiger partial charge in [-0.2, -0.15) is 0 Å². The topological polar surface area (TPSA) is 134 Å². The smallest absolute Gasteiger partial charge is 0.548 e. The number of nitrogens with two attached hydrogens (primary N) is 2. The SMILES string of the molecule is CCCCCCCCCCCCCC(=O)N[C@@H](CCCN=C(N)N)C(=O)[O-].[Na+]. The van der Waals surface area contributed by atoms with Crippen LogP contribution in [0.5, 0.6) is 0 Å². The van der Waals surface area contributed by atoms with Gasteiger partial charge >= 0.3 is 29.6 Å². The number of unbranched alkanes of at least 4 members (excludes halogenated alkanes) is 10. The fourth-order valence-electron chi connectivity index (χ4n) is 2.97. The van der Waals surface area contributed by atoms with E-state index in [-0.39, 0.29) is 47.8 Å². The predicted octanol–water partition coefficient (Wildman–Crippen LogP) is -1.02. The first-order valence-corrected chi connectivity index (χ1v) is 10.5.